The van der Waals surface area contributed by atoms with Crippen molar-refractivity contribution < 1.29 is 14.6 Å². The number of benzene rings is 2. The number of para-hydroxylation sites is 1. The smallest absolute Gasteiger partial charge is 0.343 e. The molecule has 0 aliphatic heterocycles. The number of aryl methyl sites for hydroxylation is 2. The van der Waals surface area contributed by atoms with Gasteiger partial charge in [-0.3, -0.25) is 4.99 Å². The molecule has 0 bridgehead atoms. The Morgan fingerprint density at radius 3 is 2.39 bits per heavy atom. The van der Waals surface area contributed by atoms with Crippen molar-refractivity contribution in [2.75, 3.05) is 7.11 Å². The Morgan fingerprint density at radius 1 is 1.09 bits per heavy atom. The molecule has 4 nitrogen and oxygen atoms in total. The minimum Gasteiger partial charge on any atom is -0.506 e. The molecule has 0 fully saturated rings. The average Bonchev–Trinajstić information content (AvgIpc) is 2.58. The number of nitrogens with zero attached hydrogens (tertiary/aromatic N) is 1. The van der Waals surface area contributed by atoms with Crippen molar-refractivity contribution in [2.24, 2.45) is 4.99 Å². The topological polar surface area (TPSA) is 58.9 Å². The first-order chi connectivity index (χ1) is 11.0. The van der Waals surface area contributed by atoms with Crippen LogP contribution in [0.5, 0.6) is 0 Å². The molecule has 1 N–H and O–H groups in total. The van der Waals surface area contributed by atoms with Crippen molar-refractivity contribution in [3.8, 4) is 0 Å². The number of hydrogen-bond acceptors (Lipinski definition) is 4. The largest absolute Gasteiger partial charge is 0.506 e. The Morgan fingerprint density at radius 2 is 1.78 bits per heavy atom. The van der Waals surface area contributed by atoms with Crippen molar-refractivity contribution in [1.29, 1.82) is 0 Å². The highest BCUT2D eigenvalue weighted by Gasteiger charge is 2.16. The van der Waals surface area contributed by atoms with Crippen LogP contribution in [-0.2, 0) is 9.53 Å². The van der Waals surface area contributed by atoms with E-state index >= 15 is 0 Å². The van der Waals surface area contributed by atoms with Gasteiger partial charge in [-0.25, -0.2) is 4.79 Å². The van der Waals surface area contributed by atoms with E-state index in [1.165, 1.54) is 13.3 Å². The van der Waals surface area contributed by atoms with Crippen LogP contribution in [0.3, 0.4) is 0 Å². The zero-order chi connectivity index (χ0) is 16.8. The molecule has 0 saturated heterocycles. The number of aliphatic hydroxyl groups excluding tert-OH is 1. The molecule has 0 spiro atoms. The lowest BCUT2D eigenvalue weighted by Crippen LogP contribution is -2.09. The number of carbonyl (C=O) groups excluding carboxylic acids is 1. The van der Waals surface area contributed by atoms with Crippen LogP contribution in [-0.4, -0.2) is 24.4 Å². The Hall–Kier alpha value is -2.88. The third kappa shape index (κ3) is 4.07. The van der Waals surface area contributed by atoms with Gasteiger partial charge < -0.3 is 9.84 Å². The van der Waals surface area contributed by atoms with Crippen molar-refractivity contribution >= 4 is 23.6 Å². The normalized spacial score (nSPS) is 12.1. The van der Waals surface area contributed by atoms with Gasteiger partial charge >= 0.3 is 5.97 Å². The maximum Gasteiger partial charge on any atom is 0.343 e. The zero-order valence-electron chi connectivity index (χ0n) is 13.4. The second kappa shape index (κ2) is 7.40. The van der Waals surface area contributed by atoms with E-state index in [0.29, 0.717) is 11.3 Å². The molecule has 4 heteroatoms. The van der Waals surface area contributed by atoms with Gasteiger partial charge in [0.2, 0.25) is 0 Å². The average molecular weight is 309 g/mol. The Kier molecular flexibility index (Phi) is 5.31. The lowest BCUT2D eigenvalue weighted by Gasteiger charge is -2.08. The summed E-state index contributed by atoms with van der Waals surface area (Å²) in [4.78, 5) is 16.2. The molecule has 23 heavy (non-hydrogen) atoms. The zero-order valence-corrected chi connectivity index (χ0v) is 13.4. The molecule has 0 heterocycles. The summed E-state index contributed by atoms with van der Waals surface area (Å²) in [6.07, 6.45) is 1.33. The first-order valence-corrected chi connectivity index (χ1v) is 7.21. The van der Waals surface area contributed by atoms with Crippen LogP contribution in [0.1, 0.15) is 16.7 Å². The van der Waals surface area contributed by atoms with Crippen LogP contribution in [0.2, 0.25) is 0 Å². The van der Waals surface area contributed by atoms with Gasteiger partial charge in [-0.15, -0.1) is 0 Å². The number of methoxy groups -OCH3 is 1. The van der Waals surface area contributed by atoms with Gasteiger partial charge in [0.25, 0.3) is 0 Å². The summed E-state index contributed by atoms with van der Waals surface area (Å²) in [5.74, 6) is -0.792. The maximum atomic E-state index is 12.0. The van der Waals surface area contributed by atoms with Crippen LogP contribution >= 0.6 is 0 Å². The number of carbonyl (C=O) groups is 1. The number of esters is 1. The molecule has 2 aromatic carbocycles. The lowest BCUT2D eigenvalue weighted by molar-refractivity contribution is -0.135. The maximum absolute atomic E-state index is 12.0. The van der Waals surface area contributed by atoms with E-state index < -0.39 is 5.97 Å². The van der Waals surface area contributed by atoms with Crippen molar-refractivity contribution in [1.82, 2.24) is 0 Å². The lowest BCUT2D eigenvalue weighted by atomic mass is 10.0. The third-order valence-electron chi connectivity index (χ3n) is 3.54. The minimum atomic E-state index is -0.639. The Balaban J connectivity index is 2.45. The van der Waals surface area contributed by atoms with Crippen LogP contribution in [0.25, 0.3) is 5.76 Å². The molecule has 2 rings (SSSR count). The summed E-state index contributed by atoms with van der Waals surface area (Å²) in [7, 11) is 1.27. The molecule has 0 radical (unpaired) electrons. The van der Waals surface area contributed by atoms with Crippen LogP contribution < -0.4 is 0 Å². The summed E-state index contributed by atoms with van der Waals surface area (Å²) >= 11 is 0. The quantitative estimate of drug-likeness (QED) is 0.399. The van der Waals surface area contributed by atoms with Gasteiger partial charge in [-0.2, -0.15) is 0 Å². The summed E-state index contributed by atoms with van der Waals surface area (Å²) in [5, 5.41) is 10.5. The van der Waals surface area contributed by atoms with Crippen molar-refractivity contribution in [2.45, 2.75) is 13.8 Å². The number of hydrogen-bond donors (Lipinski definition) is 1. The van der Waals surface area contributed by atoms with Crippen molar-refractivity contribution in [3.05, 3.63) is 70.8 Å². The summed E-state index contributed by atoms with van der Waals surface area (Å²) in [6, 6.07) is 14.7. The van der Waals surface area contributed by atoms with E-state index in [2.05, 4.69) is 4.99 Å². The molecule has 118 valence electrons. The third-order valence-corrected chi connectivity index (χ3v) is 3.54. The molecule has 0 amide bonds. The number of aliphatic imine (C=N–C) groups is 1. The predicted molar refractivity (Wildman–Crippen MR) is 92.1 cm³/mol. The van der Waals surface area contributed by atoms with Crippen LogP contribution in [0, 0.1) is 13.8 Å². The van der Waals surface area contributed by atoms with Gasteiger partial charge in [-0.1, -0.05) is 30.3 Å². The molecule has 0 saturated carbocycles. The highest BCUT2D eigenvalue weighted by atomic mass is 16.5. The van der Waals surface area contributed by atoms with Gasteiger partial charge in [-0.05, 0) is 43.2 Å². The Bertz CT molecular complexity index is 761. The SMILES string of the molecule is COC(=O)/C(C=Nc1ccccc1)=C(\O)c1ccc(C)c(C)c1. The fourth-order valence-electron chi connectivity index (χ4n) is 2.02. The van der Waals surface area contributed by atoms with Crippen molar-refractivity contribution in [3.63, 3.8) is 0 Å². The van der Waals surface area contributed by atoms with E-state index in [4.69, 9.17) is 4.74 Å². The fourth-order valence-corrected chi connectivity index (χ4v) is 2.02. The number of ether oxygens (including phenoxy) is 1. The number of rotatable bonds is 4. The van der Waals surface area contributed by atoms with Gasteiger partial charge in [0, 0.05) is 11.8 Å². The second-order valence-electron chi connectivity index (χ2n) is 5.15. The van der Waals surface area contributed by atoms with Gasteiger partial charge in [0.15, 0.2) is 0 Å². The molecule has 0 aliphatic carbocycles. The highest BCUT2D eigenvalue weighted by Crippen LogP contribution is 2.20. The van der Waals surface area contributed by atoms with E-state index in [9.17, 15) is 9.90 Å². The predicted octanol–water partition coefficient (Wildman–Crippen LogP) is 4.15. The van der Waals surface area contributed by atoms with Crippen LogP contribution in [0.4, 0.5) is 5.69 Å². The molecular formula is C19H19NO3. The van der Waals surface area contributed by atoms with E-state index in [1.807, 2.05) is 44.2 Å². The standard InChI is InChI=1S/C19H19NO3/c1-13-9-10-15(11-14(13)2)18(21)17(19(22)23-3)12-20-16-7-5-4-6-8-16/h4-12,21H,1-3H3/b18-17-,20-12?. The van der Waals surface area contributed by atoms with Crippen LogP contribution in [0.15, 0.2) is 59.1 Å². The molecule has 0 aromatic heterocycles. The molecule has 0 atom stereocenters. The number of aliphatic hydroxyl groups is 1. The van der Waals surface area contributed by atoms with E-state index in [0.717, 1.165) is 11.1 Å². The summed E-state index contributed by atoms with van der Waals surface area (Å²) in [6.45, 7) is 3.93. The van der Waals surface area contributed by atoms with E-state index in [1.54, 1.807) is 18.2 Å². The minimum absolute atomic E-state index is 0.0135. The monoisotopic (exact) mass is 309 g/mol. The Labute approximate surface area is 135 Å². The van der Waals surface area contributed by atoms with Gasteiger partial charge in [0.1, 0.15) is 11.3 Å². The highest BCUT2D eigenvalue weighted by molar-refractivity contribution is 6.15. The second-order valence-corrected chi connectivity index (χ2v) is 5.15. The molecule has 0 unspecified atom stereocenters. The molecular weight excluding hydrogens is 290 g/mol. The summed E-state index contributed by atoms with van der Waals surface area (Å²) in [5.41, 5.74) is 3.38. The first-order valence-electron chi connectivity index (χ1n) is 7.21. The summed E-state index contributed by atoms with van der Waals surface area (Å²) < 4.78 is 4.75. The first kappa shape index (κ1) is 16.5. The molecule has 0 aliphatic rings. The molecule has 2 aromatic rings. The fraction of sp³-hybridized carbons (Fsp3) is 0.158. The van der Waals surface area contributed by atoms with Gasteiger partial charge in [0.05, 0.1) is 12.8 Å². The van der Waals surface area contributed by atoms with E-state index in [-0.39, 0.29) is 11.3 Å².